The number of nitrogens with zero attached hydrogens (tertiary/aromatic N) is 1. The molecule has 6 heteroatoms. The Morgan fingerprint density at radius 3 is 2.64 bits per heavy atom. The first-order valence-electron chi connectivity index (χ1n) is 7.29. The number of rotatable bonds is 3. The van der Waals surface area contributed by atoms with Crippen LogP contribution >= 0.6 is 11.8 Å². The largest absolute Gasteiger partial charge is 0.324 e. The molecular formula is C16H18N2O3S. The molecule has 2 amide bonds. The minimum atomic E-state index is -0.419. The first-order chi connectivity index (χ1) is 10.4. The van der Waals surface area contributed by atoms with Crippen molar-refractivity contribution in [1.82, 2.24) is 4.90 Å². The van der Waals surface area contributed by atoms with Crippen LogP contribution in [0.3, 0.4) is 0 Å². The van der Waals surface area contributed by atoms with Crippen molar-refractivity contribution in [3.63, 3.8) is 0 Å². The van der Waals surface area contributed by atoms with E-state index in [-0.39, 0.29) is 22.5 Å². The third-order valence-electron chi connectivity index (χ3n) is 4.31. The number of ketones is 1. The molecule has 2 heterocycles. The monoisotopic (exact) mass is 318 g/mol. The van der Waals surface area contributed by atoms with E-state index in [1.54, 1.807) is 40.9 Å². The quantitative estimate of drug-likeness (QED) is 0.868. The highest BCUT2D eigenvalue weighted by atomic mass is 32.2. The number of nitrogens with one attached hydrogen (secondary N) is 1. The van der Waals surface area contributed by atoms with Gasteiger partial charge >= 0.3 is 0 Å². The van der Waals surface area contributed by atoms with Gasteiger partial charge in [-0.2, -0.15) is 0 Å². The van der Waals surface area contributed by atoms with Gasteiger partial charge in [-0.05, 0) is 44.5 Å². The minimum absolute atomic E-state index is 0.0106. The molecule has 3 rings (SSSR count). The number of Topliss-reactive ketones (excluding diaryl/α,β-unsaturated/α-hetero) is 1. The van der Waals surface area contributed by atoms with Crippen molar-refractivity contribution in [2.24, 2.45) is 0 Å². The summed E-state index contributed by atoms with van der Waals surface area (Å²) in [6.45, 7) is 3.53. The van der Waals surface area contributed by atoms with Crippen molar-refractivity contribution in [1.29, 1.82) is 0 Å². The smallest absolute Gasteiger partial charge is 0.248 e. The number of carbonyl (C=O) groups excluding carboxylic acids is 3. The highest BCUT2D eigenvalue weighted by Gasteiger charge is 2.52. The maximum atomic E-state index is 12.5. The van der Waals surface area contributed by atoms with Crippen LogP contribution in [0.4, 0.5) is 5.69 Å². The van der Waals surface area contributed by atoms with E-state index in [0.717, 1.165) is 6.42 Å². The van der Waals surface area contributed by atoms with Crippen LogP contribution < -0.4 is 5.32 Å². The van der Waals surface area contributed by atoms with Crippen LogP contribution in [0.2, 0.25) is 0 Å². The fourth-order valence-corrected chi connectivity index (χ4v) is 4.46. The number of thioether (sulfide) groups is 1. The van der Waals surface area contributed by atoms with Gasteiger partial charge in [-0.3, -0.25) is 14.4 Å². The topological polar surface area (TPSA) is 66.5 Å². The minimum Gasteiger partial charge on any atom is -0.324 e. The summed E-state index contributed by atoms with van der Waals surface area (Å²) in [6.07, 6.45) is 1.31. The van der Waals surface area contributed by atoms with Crippen molar-refractivity contribution in [2.75, 3.05) is 11.1 Å². The molecule has 2 atom stereocenters. The molecule has 2 fully saturated rings. The number of amides is 2. The third kappa shape index (κ3) is 2.52. The highest BCUT2D eigenvalue weighted by Crippen LogP contribution is 2.47. The highest BCUT2D eigenvalue weighted by molar-refractivity contribution is 8.01. The van der Waals surface area contributed by atoms with Gasteiger partial charge in [-0.15, -0.1) is 11.8 Å². The molecule has 1 aromatic rings. The number of fused-ring (bicyclic) bond motifs is 1. The standard InChI is InChI=1S/C16H18N2O3S/c1-10(19)11-3-5-12(6-4-11)17-15(21)13-9-22-16(2)8-7-14(20)18(13)16/h3-6,13H,7-9H2,1-2H3,(H,17,21)/t13-,16-/m1/s1. The van der Waals surface area contributed by atoms with Gasteiger partial charge in [0.25, 0.3) is 0 Å². The summed E-state index contributed by atoms with van der Waals surface area (Å²) in [4.78, 5) is 37.3. The van der Waals surface area contributed by atoms with Gasteiger partial charge in [0.1, 0.15) is 6.04 Å². The molecule has 0 aromatic heterocycles. The first kappa shape index (κ1) is 15.1. The summed E-state index contributed by atoms with van der Waals surface area (Å²) < 4.78 is 0. The second-order valence-electron chi connectivity index (χ2n) is 5.89. The zero-order valence-corrected chi connectivity index (χ0v) is 13.4. The molecule has 0 spiro atoms. The zero-order chi connectivity index (χ0) is 15.9. The van der Waals surface area contributed by atoms with E-state index >= 15 is 0 Å². The second kappa shape index (κ2) is 5.43. The maximum absolute atomic E-state index is 12.5. The Labute approximate surface area is 133 Å². The number of carbonyl (C=O) groups is 3. The van der Waals surface area contributed by atoms with Crippen molar-refractivity contribution >= 4 is 35.0 Å². The summed E-state index contributed by atoms with van der Waals surface area (Å²) in [5.41, 5.74) is 1.25. The zero-order valence-electron chi connectivity index (χ0n) is 12.6. The van der Waals surface area contributed by atoms with Gasteiger partial charge < -0.3 is 10.2 Å². The predicted molar refractivity (Wildman–Crippen MR) is 85.8 cm³/mol. The van der Waals surface area contributed by atoms with E-state index in [4.69, 9.17) is 0 Å². The first-order valence-corrected chi connectivity index (χ1v) is 8.27. The molecule has 2 aliphatic heterocycles. The summed E-state index contributed by atoms with van der Waals surface area (Å²) >= 11 is 1.67. The molecule has 0 unspecified atom stereocenters. The van der Waals surface area contributed by atoms with E-state index < -0.39 is 6.04 Å². The molecule has 0 bridgehead atoms. The Kier molecular flexibility index (Phi) is 3.72. The molecule has 0 saturated carbocycles. The van der Waals surface area contributed by atoms with E-state index in [9.17, 15) is 14.4 Å². The lowest BCUT2D eigenvalue weighted by molar-refractivity contribution is -0.135. The summed E-state index contributed by atoms with van der Waals surface area (Å²) in [5, 5.41) is 2.84. The molecule has 1 N–H and O–H groups in total. The van der Waals surface area contributed by atoms with Gasteiger partial charge in [0.15, 0.2) is 5.78 Å². The van der Waals surface area contributed by atoms with Crippen LogP contribution in [-0.2, 0) is 9.59 Å². The number of hydrogen-bond donors (Lipinski definition) is 1. The molecule has 2 aliphatic rings. The van der Waals surface area contributed by atoms with E-state index in [1.807, 2.05) is 6.92 Å². The van der Waals surface area contributed by atoms with Crippen LogP contribution in [0, 0.1) is 0 Å². The van der Waals surface area contributed by atoms with Crippen molar-refractivity contribution in [2.45, 2.75) is 37.6 Å². The Morgan fingerprint density at radius 1 is 1.32 bits per heavy atom. The number of hydrogen-bond acceptors (Lipinski definition) is 4. The van der Waals surface area contributed by atoms with Crippen LogP contribution in [0.25, 0.3) is 0 Å². The number of anilines is 1. The van der Waals surface area contributed by atoms with Crippen molar-refractivity contribution in [3.05, 3.63) is 29.8 Å². The lowest BCUT2D eigenvalue weighted by Crippen LogP contribution is -2.48. The maximum Gasteiger partial charge on any atom is 0.248 e. The molecular weight excluding hydrogens is 300 g/mol. The normalized spacial score (nSPS) is 26.9. The Morgan fingerprint density at radius 2 is 2.00 bits per heavy atom. The molecule has 116 valence electrons. The summed E-state index contributed by atoms with van der Waals surface area (Å²) in [6, 6.07) is 6.38. The molecule has 2 saturated heterocycles. The SMILES string of the molecule is CC(=O)c1ccc(NC(=O)[C@H]2CS[C@]3(C)CCC(=O)N23)cc1. The van der Waals surface area contributed by atoms with Gasteiger partial charge in [0.2, 0.25) is 11.8 Å². The fraction of sp³-hybridized carbons (Fsp3) is 0.438. The Hall–Kier alpha value is -1.82. The molecule has 5 nitrogen and oxygen atoms in total. The lowest BCUT2D eigenvalue weighted by atomic mass is 10.1. The van der Waals surface area contributed by atoms with E-state index in [0.29, 0.717) is 23.4 Å². The van der Waals surface area contributed by atoms with Crippen molar-refractivity contribution in [3.8, 4) is 0 Å². The molecule has 0 radical (unpaired) electrons. The van der Waals surface area contributed by atoms with Crippen molar-refractivity contribution < 1.29 is 14.4 Å². The predicted octanol–water partition coefficient (Wildman–Crippen LogP) is 2.28. The van der Waals surface area contributed by atoms with Gasteiger partial charge in [0, 0.05) is 23.4 Å². The van der Waals surface area contributed by atoms with Gasteiger partial charge in [0.05, 0.1) is 4.87 Å². The average Bonchev–Trinajstić information content (AvgIpc) is 2.97. The average molecular weight is 318 g/mol. The number of benzene rings is 1. The summed E-state index contributed by atoms with van der Waals surface area (Å²) in [5.74, 6) is 0.504. The molecule has 1 aromatic carbocycles. The van der Waals surface area contributed by atoms with Crippen LogP contribution in [0.15, 0.2) is 24.3 Å². The van der Waals surface area contributed by atoms with E-state index in [1.165, 1.54) is 6.92 Å². The van der Waals surface area contributed by atoms with Crippen LogP contribution in [-0.4, -0.2) is 39.2 Å². The third-order valence-corrected chi connectivity index (χ3v) is 5.81. The Bertz CT molecular complexity index is 643. The van der Waals surface area contributed by atoms with Crippen LogP contribution in [0.1, 0.15) is 37.0 Å². The van der Waals surface area contributed by atoms with Gasteiger partial charge in [-0.25, -0.2) is 0 Å². The Balaban J connectivity index is 1.72. The molecule has 22 heavy (non-hydrogen) atoms. The summed E-state index contributed by atoms with van der Waals surface area (Å²) in [7, 11) is 0. The fourth-order valence-electron chi connectivity index (χ4n) is 3.03. The van der Waals surface area contributed by atoms with E-state index in [2.05, 4.69) is 5.32 Å². The van der Waals surface area contributed by atoms with Crippen LogP contribution in [0.5, 0.6) is 0 Å². The second-order valence-corrected chi connectivity index (χ2v) is 7.39. The lowest BCUT2D eigenvalue weighted by Gasteiger charge is -2.29. The molecule has 0 aliphatic carbocycles. The van der Waals surface area contributed by atoms with Gasteiger partial charge in [-0.1, -0.05) is 0 Å².